The Bertz CT molecular complexity index is 1280. The number of esters is 1. The van der Waals surface area contributed by atoms with Crippen LogP contribution in [0.1, 0.15) is 23.6 Å². The summed E-state index contributed by atoms with van der Waals surface area (Å²) in [4.78, 5) is 16.7. The molecule has 0 spiro atoms. The van der Waals surface area contributed by atoms with Crippen molar-refractivity contribution in [1.82, 2.24) is 0 Å². The number of carbonyl (C=O) groups is 1. The highest BCUT2D eigenvalue weighted by Gasteiger charge is 2.26. The molecule has 0 bridgehead atoms. The minimum absolute atomic E-state index is 0.0313. The van der Waals surface area contributed by atoms with Gasteiger partial charge in [-0.1, -0.05) is 41.9 Å². The van der Waals surface area contributed by atoms with Crippen LogP contribution in [0.5, 0.6) is 11.5 Å². The fraction of sp³-hybridized carbons (Fsp3) is 0.120. The molecule has 1 heterocycles. The quantitative estimate of drug-likeness (QED) is 0.256. The van der Waals surface area contributed by atoms with Crippen molar-refractivity contribution in [3.05, 3.63) is 98.4 Å². The van der Waals surface area contributed by atoms with Gasteiger partial charge in [0.05, 0.1) is 21.7 Å². The normalized spacial score (nSPS) is 14.2. The average molecular weight is 531 g/mol. The van der Waals surface area contributed by atoms with Gasteiger partial charge >= 0.3 is 5.97 Å². The lowest BCUT2D eigenvalue weighted by molar-refractivity contribution is -0.129. The van der Waals surface area contributed by atoms with Crippen LogP contribution in [0.15, 0.2) is 75.8 Å². The fourth-order valence-corrected chi connectivity index (χ4v) is 3.95. The van der Waals surface area contributed by atoms with Gasteiger partial charge in [0.1, 0.15) is 12.4 Å². The molecule has 1 aliphatic heterocycles. The molecule has 0 unspecified atom stereocenters. The van der Waals surface area contributed by atoms with Crippen LogP contribution in [0.4, 0.5) is 4.39 Å². The van der Waals surface area contributed by atoms with Gasteiger partial charge in [0.2, 0.25) is 5.90 Å². The Morgan fingerprint density at radius 1 is 1.12 bits per heavy atom. The second-order valence-corrected chi connectivity index (χ2v) is 8.22. The van der Waals surface area contributed by atoms with E-state index in [1.165, 1.54) is 6.07 Å². The number of nitrogens with zero attached hydrogens (tertiary/aromatic N) is 1. The highest BCUT2D eigenvalue weighted by molar-refractivity contribution is 9.10. The lowest BCUT2D eigenvalue weighted by Gasteiger charge is -2.15. The van der Waals surface area contributed by atoms with Crippen LogP contribution in [-0.2, 0) is 16.1 Å². The summed E-state index contributed by atoms with van der Waals surface area (Å²) in [5.41, 5.74) is 1.72. The first-order valence-electron chi connectivity index (χ1n) is 10.1. The van der Waals surface area contributed by atoms with Gasteiger partial charge in [0.25, 0.3) is 0 Å². The zero-order valence-corrected chi connectivity index (χ0v) is 19.8. The molecule has 5 nitrogen and oxygen atoms in total. The minimum Gasteiger partial charge on any atom is -0.490 e. The van der Waals surface area contributed by atoms with Crippen molar-refractivity contribution in [2.75, 3.05) is 6.61 Å². The topological polar surface area (TPSA) is 57.1 Å². The Balaban J connectivity index is 1.63. The smallest absolute Gasteiger partial charge is 0.363 e. The van der Waals surface area contributed by atoms with E-state index in [1.54, 1.807) is 60.7 Å². The standard InChI is InChI=1S/C25H18BrClFNO4/c1-2-31-22-13-15(11-18(26)23(22)32-14-16-7-3-6-10-20(16)28)12-21-25(30)33-24(29-21)17-8-4-5-9-19(17)27/h3-13H,2,14H2,1H3/b21-12-. The van der Waals surface area contributed by atoms with Gasteiger partial charge < -0.3 is 14.2 Å². The number of hydrogen-bond donors (Lipinski definition) is 0. The van der Waals surface area contributed by atoms with Crippen molar-refractivity contribution in [2.24, 2.45) is 4.99 Å². The van der Waals surface area contributed by atoms with Crippen LogP contribution >= 0.6 is 27.5 Å². The zero-order valence-electron chi connectivity index (χ0n) is 17.5. The summed E-state index contributed by atoms with van der Waals surface area (Å²) in [6.45, 7) is 2.26. The number of cyclic esters (lactones) is 1. The van der Waals surface area contributed by atoms with Gasteiger partial charge in [-0.15, -0.1) is 0 Å². The number of rotatable bonds is 7. The molecule has 168 valence electrons. The number of benzene rings is 3. The summed E-state index contributed by atoms with van der Waals surface area (Å²) >= 11 is 9.67. The van der Waals surface area contributed by atoms with Crippen molar-refractivity contribution in [3.63, 3.8) is 0 Å². The highest BCUT2D eigenvalue weighted by Crippen LogP contribution is 2.38. The molecule has 0 atom stereocenters. The molecule has 33 heavy (non-hydrogen) atoms. The third-order valence-electron chi connectivity index (χ3n) is 4.69. The predicted molar refractivity (Wildman–Crippen MR) is 128 cm³/mol. The largest absolute Gasteiger partial charge is 0.490 e. The molecule has 0 aliphatic carbocycles. The van der Waals surface area contributed by atoms with Crippen molar-refractivity contribution in [2.45, 2.75) is 13.5 Å². The average Bonchev–Trinajstić information content (AvgIpc) is 3.14. The van der Waals surface area contributed by atoms with Gasteiger partial charge in [-0.2, -0.15) is 0 Å². The van der Waals surface area contributed by atoms with E-state index in [0.29, 0.717) is 44.3 Å². The van der Waals surface area contributed by atoms with E-state index < -0.39 is 5.97 Å². The lowest BCUT2D eigenvalue weighted by Crippen LogP contribution is -2.05. The Kier molecular flexibility index (Phi) is 7.11. The molecule has 0 fully saturated rings. The maximum absolute atomic E-state index is 14.0. The van der Waals surface area contributed by atoms with Crippen molar-refractivity contribution >= 4 is 45.5 Å². The summed E-state index contributed by atoms with van der Waals surface area (Å²) in [5.74, 6) is 0.0813. The maximum Gasteiger partial charge on any atom is 0.363 e. The lowest BCUT2D eigenvalue weighted by atomic mass is 10.1. The van der Waals surface area contributed by atoms with Gasteiger partial charge in [-0.3, -0.25) is 0 Å². The molecule has 0 amide bonds. The molecule has 0 N–H and O–H groups in total. The monoisotopic (exact) mass is 529 g/mol. The number of carbonyl (C=O) groups excluding carboxylic acids is 1. The Hall–Kier alpha value is -3.16. The van der Waals surface area contributed by atoms with E-state index in [1.807, 2.05) is 6.92 Å². The van der Waals surface area contributed by atoms with E-state index >= 15 is 0 Å². The summed E-state index contributed by atoms with van der Waals surface area (Å²) in [6.07, 6.45) is 1.58. The van der Waals surface area contributed by atoms with E-state index in [2.05, 4.69) is 20.9 Å². The van der Waals surface area contributed by atoms with Crippen LogP contribution in [0, 0.1) is 5.82 Å². The first-order valence-corrected chi connectivity index (χ1v) is 11.2. The second kappa shape index (κ2) is 10.2. The van der Waals surface area contributed by atoms with E-state index in [4.69, 9.17) is 25.8 Å². The van der Waals surface area contributed by atoms with Crippen LogP contribution in [-0.4, -0.2) is 18.5 Å². The van der Waals surface area contributed by atoms with Gasteiger partial charge in [0, 0.05) is 5.56 Å². The molecular weight excluding hydrogens is 513 g/mol. The first kappa shape index (κ1) is 23.0. The Morgan fingerprint density at radius 2 is 1.88 bits per heavy atom. The Labute approximate surface area is 203 Å². The van der Waals surface area contributed by atoms with E-state index in [9.17, 15) is 9.18 Å². The van der Waals surface area contributed by atoms with Crippen LogP contribution in [0.3, 0.4) is 0 Å². The first-order chi connectivity index (χ1) is 16.0. The number of aliphatic imine (C=N–C) groups is 1. The Morgan fingerprint density at radius 3 is 2.64 bits per heavy atom. The molecule has 0 saturated heterocycles. The predicted octanol–water partition coefficient (Wildman–Crippen LogP) is 6.56. The molecule has 0 aromatic heterocycles. The summed E-state index contributed by atoms with van der Waals surface area (Å²) in [6, 6.07) is 16.9. The zero-order chi connectivity index (χ0) is 23.4. The molecule has 4 rings (SSSR count). The van der Waals surface area contributed by atoms with E-state index in [-0.39, 0.29) is 24.0 Å². The summed E-state index contributed by atoms with van der Waals surface area (Å²) in [7, 11) is 0. The fourth-order valence-electron chi connectivity index (χ4n) is 3.16. The van der Waals surface area contributed by atoms with Gasteiger partial charge in [-0.05, 0) is 64.8 Å². The van der Waals surface area contributed by atoms with Crippen LogP contribution < -0.4 is 9.47 Å². The third-order valence-corrected chi connectivity index (χ3v) is 5.61. The number of halogens is 3. The number of hydrogen-bond acceptors (Lipinski definition) is 5. The SMILES string of the molecule is CCOc1cc(/C=C2\N=C(c3ccccc3Cl)OC2=O)cc(Br)c1OCc1ccccc1F. The molecule has 1 aliphatic rings. The van der Waals surface area contributed by atoms with Crippen molar-refractivity contribution < 1.29 is 23.4 Å². The van der Waals surface area contributed by atoms with Crippen LogP contribution in [0.2, 0.25) is 5.02 Å². The van der Waals surface area contributed by atoms with Crippen molar-refractivity contribution in [3.8, 4) is 11.5 Å². The second-order valence-electron chi connectivity index (χ2n) is 6.96. The number of ether oxygens (including phenoxy) is 3. The van der Waals surface area contributed by atoms with Gasteiger partial charge in [0.15, 0.2) is 17.2 Å². The summed E-state index contributed by atoms with van der Waals surface area (Å²) < 4.78 is 31.4. The molecular formula is C25H18BrClFNO4. The molecule has 0 saturated carbocycles. The third kappa shape index (κ3) is 5.26. The maximum atomic E-state index is 14.0. The van der Waals surface area contributed by atoms with Crippen molar-refractivity contribution in [1.29, 1.82) is 0 Å². The molecule has 3 aromatic carbocycles. The summed E-state index contributed by atoms with van der Waals surface area (Å²) in [5, 5.41) is 0.433. The molecule has 8 heteroatoms. The highest BCUT2D eigenvalue weighted by atomic mass is 79.9. The molecule has 0 radical (unpaired) electrons. The molecule has 3 aromatic rings. The van der Waals surface area contributed by atoms with Gasteiger partial charge in [-0.25, -0.2) is 14.2 Å². The van der Waals surface area contributed by atoms with E-state index in [0.717, 1.165) is 0 Å². The minimum atomic E-state index is -0.584. The van der Waals surface area contributed by atoms with Crippen LogP contribution in [0.25, 0.3) is 6.08 Å².